The lowest BCUT2D eigenvalue weighted by Gasteiger charge is -2.04. The molecule has 1 amide bonds. The van der Waals surface area contributed by atoms with Crippen LogP contribution in [0.25, 0.3) is 0 Å². The van der Waals surface area contributed by atoms with E-state index in [1.165, 1.54) is 0 Å². The van der Waals surface area contributed by atoms with Crippen molar-refractivity contribution in [3.8, 4) is 0 Å². The summed E-state index contributed by atoms with van der Waals surface area (Å²) in [6.45, 7) is -0.775. The van der Waals surface area contributed by atoms with E-state index in [-0.39, 0.29) is 0 Å². The lowest BCUT2D eigenvalue weighted by Crippen LogP contribution is -2.27. The summed E-state index contributed by atoms with van der Waals surface area (Å²) in [6, 6.07) is 2.31. The molecule has 0 fully saturated rings. The highest BCUT2D eigenvalue weighted by molar-refractivity contribution is 5.93. The van der Waals surface area contributed by atoms with Crippen LogP contribution in [-0.2, 0) is 9.63 Å². The summed E-state index contributed by atoms with van der Waals surface area (Å²) >= 11 is 0. The zero-order valence-corrected chi connectivity index (χ0v) is 7.87. The number of hydroxylamine groups is 1. The molecule has 0 aliphatic carbocycles. The lowest BCUT2D eigenvalue weighted by atomic mass is 10.2. The van der Waals surface area contributed by atoms with Gasteiger partial charge >= 0.3 is 5.97 Å². The molecular formula is C9H7F2NO4. The third kappa shape index (κ3) is 3.28. The van der Waals surface area contributed by atoms with Crippen LogP contribution in [0.1, 0.15) is 10.4 Å². The van der Waals surface area contributed by atoms with Crippen molar-refractivity contribution in [3.05, 3.63) is 35.4 Å². The second-order valence-electron chi connectivity index (χ2n) is 2.74. The molecule has 0 aromatic heterocycles. The number of nitrogens with one attached hydrogen (secondary N) is 1. The van der Waals surface area contributed by atoms with Gasteiger partial charge < -0.3 is 5.11 Å². The molecule has 1 aromatic rings. The van der Waals surface area contributed by atoms with Crippen molar-refractivity contribution in [2.24, 2.45) is 0 Å². The predicted octanol–water partition coefficient (Wildman–Crippen LogP) is 0.711. The van der Waals surface area contributed by atoms with Crippen molar-refractivity contribution in [3.63, 3.8) is 0 Å². The van der Waals surface area contributed by atoms with Gasteiger partial charge in [-0.1, -0.05) is 0 Å². The van der Waals surface area contributed by atoms with E-state index in [2.05, 4.69) is 4.84 Å². The second-order valence-corrected chi connectivity index (χ2v) is 2.74. The molecule has 0 aliphatic heterocycles. The number of hydrogen-bond acceptors (Lipinski definition) is 3. The minimum Gasteiger partial charge on any atom is -0.479 e. The Morgan fingerprint density at radius 1 is 1.38 bits per heavy atom. The number of benzene rings is 1. The minimum absolute atomic E-state index is 0.564. The van der Waals surface area contributed by atoms with Gasteiger partial charge in [-0.3, -0.25) is 9.63 Å². The summed E-state index contributed by atoms with van der Waals surface area (Å²) in [4.78, 5) is 25.4. The third-order valence-corrected chi connectivity index (χ3v) is 1.53. The summed E-state index contributed by atoms with van der Waals surface area (Å²) in [5, 5.41) is 8.19. The number of hydrogen-bond donors (Lipinski definition) is 2. The summed E-state index contributed by atoms with van der Waals surface area (Å²) in [7, 11) is 0. The molecule has 0 spiro atoms. The quantitative estimate of drug-likeness (QED) is 0.748. The van der Waals surface area contributed by atoms with Crippen LogP contribution in [0.5, 0.6) is 0 Å². The molecule has 1 aromatic carbocycles. The predicted molar refractivity (Wildman–Crippen MR) is 47.4 cm³/mol. The van der Waals surface area contributed by atoms with Gasteiger partial charge in [-0.05, 0) is 18.2 Å². The van der Waals surface area contributed by atoms with Gasteiger partial charge in [0.05, 0.1) is 5.56 Å². The average Bonchev–Trinajstić information content (AvgIpc) is 2.21. The molecule has 5 nitrogen and oxygen atoms in total. The Balaban J connectivity index is 2.65. The van der Waals surface area contributed by atoms with Crippen molar-refractivity contribution in [1.29, 1.82) is 0 Å². The van der Waals surface area contributed by atoms with Crippen molar-refractivity contribution >= 4 is 11.9 Å². The van der Waals surface area contributed by atoms with Crippen LogP contribution in [0.4, 0.5) is 8.78 Å². The molecule has 86 valence electrons. The van der Waals surface area contributed by atoms with Crippen molar-refractivity contribution < 1.29 is 28.3 Å². The van der Waals surface area contributed by atoms with E-state index < -0.39 is 35.7 Å². The number of carbonyl (C=O) groups excluding carboxylic acids is 1. The molecule has 7 heteroatoms. The summed E-state index contributed by atoms with van der Waals surface area (Å²) in [5.41, 5.74) is 1.11. The Hall–Kier alpha value is -2.02. The molecule has 0 saturated heterocycles. The van der Waals surface area contributed by atoms with Gasteiger partial charge in [0.15, 0.2) is 6.61 Å². The highest BCUT2D eigenvalue weighted by Crippen LogP contribution is 2.09. The van der Waals surface area contributed by atoms with Crippen LogP contribution in [0.15, 0.2) is 18.2 Å². The number of halogens is 2. The van der Waals surface area contributed by atoms with E-state index in [9.17, 15) is 18.4 Å². The van der Waals surface area contributed by atoms with Gasteiger partial charge in [-0.15, -0.1) is 0 Å². The van der Waals surface area contributed by atoms with Crippen molar-refractivity contribution in [2.75, 3.05) is 6.61 Å². The van der Waals surface area contributed by atoms with E-state index in [4.69, 9.17) is 5.11 Å². The van der Waals surface area contributed by atoms with Gasteiger partial charge in [-0.25, -0.2) is 19.1 Å². The van der Waals surface area contributed by atoms with E-state index in [0.717, 1.165) is 12.1 Å². The number of carbonyl (C=O) groups is 2. The molecule has 0 radical (unpaired) electrons. The first-order chi connectivity index (χ1) is 7.50. The lowest BCUT2D eigenvalue weighted by molar-refractivity contribution is -0.144. The summed E-state index contributed by atoms with van der Waals surface area (Å²) in [5.74, 6) is -4.08. The summed E-state index contributed by atoms with van der Waals surface area (Å²) in [6.07, 6.45) is 0. The van der Waals surface area contributed by atoms with Gasteiger partial charge in [0.1, 0.15) is 11.6 Å². The van der Waals surface area contributed by atoms with Crippen LogP contribution in [0.2, 0.25) is 0 Å². The Morgan fingerprint density at radius 3 is 2.69 bits per heavy atom. The first-order valence-corrected chi connectivity index (χ1v) is 4.09. The average molecular weight is 231 g/mol. The van der Waals surface area contributed by atoms with Crippen molar-refractivity contribution in [2.45, 2.75) is 0 Å². The first-order valence-electron chi connectivity index (χ1n) is 4.09. The molecule has 1 rings (SSSR count). The molecule has 0 unspecified atom stereocenters. The maximum atomic E-state index is 13.0. The number of aliphatic carboxylic acids is 1. The van der Waals surface area contributed by atoms with Crippen LogP contribution < -0.4 is 5.48 Å². The Kier molecular flexibility index (Phi) is 3.90. The van der Waals surface area contributed by atoms with Crippen LogP contribution in [0, 0.1) is 11.6 Å². The molecule has 0 heterocycles. The molecule has 0 bridgehead atoms. The fraction of sp³-hybridized carbons (Fsp3) is 0.111. The fourth-order valence-corrected chi connectivity index (χ4v) is 0.890. The zero-order chi connectivity index (χ0) is 12.1. The number of carboxylic acids is 1. The van der Waals surface area contributed by atoms with Gasteiger partial charge in [-0.2, -0.15) is 0 Å². The number of carboxylic acid groups (broad SMARTS) is 1. The molecule has 0 atom stereocenters. The van der Waals surface area contributed by atoms with E-state index in [1.54, 1.807) is 5.48 Å². The Bertz CT molecular complexity index is 422. The monoisotopic (exact) mass is 231 g/mol. The van der Waals surface area contributed by atoms with Crippen molar-refractivity contribution in [1.82, 2.24) is 5.48 Å². The fourth-order valence-electron chi connectivity index (χ4n) is 0.890. The van der Waals surface area contributed by atoms with E-state index >= 15 is 0 Å². The van der Waals surface area contributed by atoms with Gasteiger partial charge in [0.25, 0.3) is 5.91 Å². The highest BCUT2D eigenvalue weighted by Gasteiger charge is 2.13. The maximum Gasteiger partial charge on any atom is 0.332 e. The zero-order valence-electron chi connectivity index (χ0n) is 7.87. The highest BCUT2D eigenvalue weighted by atomic mass is 19.1. The molecule has 2 N–H and O–H groups in total. The van der Waals surface area contributed by atoms with Crippen LogP contribution in [0.3, 0.4) is 0 Å². The number of rotatable bonds is 4. The van der Waals surface area contributed by atoms with E-state index in [1.807, 2.05) is 0 Å². The van der Waals surface area contributed by atoms with E-state index in [0.29, 0.717) is 6.07 Å². The van der Waals surface area contributed by atoms with Crippen LogP contribution in [-0.4, -0.2) is 23.6 Å². The standard InChI is InChI=1S/C9H7F2NO4/c10-5-1-2-7(11)6(3-5)9(15)12-16-4-8(13)14/h1-3H,4H2,(H,12,15)(H,13,14). The molecular weight excluding hydrogens is 224 g/mol. The number of amides is 1. The van der Waals surface area contributed by atoms with Crippen LogP contribution >= 0.6 is 0 Å². The maximum absolute atomic E-state index is 13.0. The Morgan fingerprint density at radius 2 is 2.06 bits per heavy atom. The first kappa shape index (κ1) is 12.1. The largest absolute Gasteiger partial charge is 0.479 e. The molecule has 0 saturated carbocycles. The smallest absolute Gasteiger partial charge is 0.332 e. The minimum atomic E-state index is -1.31. The normalized spacial score (nSPS) is 9.88. The Labute approximate surface area is 88.6 Å². The SMILES string of the molecule is O=C(O)CONC(=O)c1cc(F)ccc1F. The van der Waals surface area contributed by atoms with Gasteiger partial charge in [0, 0.05) is 0 Å². The molecule has 0 aliphatic rings. The second kappa shape index (κ2) is 5.17. The molecule has 16 heavy (non-hydrogen) atoms. The third-order valence-electron chi connectivity index (χ3n) is 1.53. The van der Waals surface area contributed by atoms with Gasteiger partial charge in [0.2, 0.25) is 0 Å². The summed E-state index contributed by atoms with van der Waals surface area (Å²) < 4.78 is 25.7. The topological polar surface area (TPSA) is 75.6 Å².